The molecule has 1 aliphatic carbocycles. The van der Waals surface area contributed by atoms with Gasteiger partial charge in [0.1, 0.15) is 5.82 Å². The normalized spacial score (nSPS) is 18.0. The predicted molar refractivity (Wildman–Crippen MR) is 119 cm³/mol. The SMILES string of the molecule is NC(=O)c1ccc2nc(-c3ccc(S(=O)(=O)N[C@@H]4c5ccccc5C[C@@H]4O)cc3)[nH]c2c1. The Hall–Kier alpha value is -3.53. The molecule has 0 saturated heterocycles. The first kappa shape index (κ1) is 20.4. The van der Waals surface area contributed by atoms with E-state index >= 15 is 0 Å². The zero-order valence-electron chi connectivity index (χ0n) is 16.8. The standard InChI is InChI=1S/C23H20N4O4S/c24-22(29)15-7-10-18-19(11-15)26-23(25-18)13-5-8-16(9-6-13)32(30,31)27-21-17-4-2-1-3-14(17)12-20(21)28/h1-11,20-21,27-28H,12H2,(H2,24,29)(H,25,26)/t20-,21+/m0/s1. The summed E-state index contributed by atoms with van der Waals surface area (Å²) in [5.74, 6) is 0.0128. The van der Waals surface area contributed by atoms with Crippen molar-refractivity contribution in [2.45, 2.75) is 23.5 Å². The van der Waals surface area contributed by atoms with Gasteiger partial charge < -0.3 is 15.8 Å². The summed E-state index contributed by atoms with van der Waals surface area (Å²) in [6.07, 6.45) is -0.409. The Morgan fingerprint density at radius 2 is 1.84 bits per heavy atom. The fourth-order valence-corrected chi connectivity index (χ4v) is 5.29. The van der Waals surface area contributed by atoms with E-state index in [0.717, 1.165) is 11.1 Å². The number of nitrogens with two attached hydrogens (primary N) is 1. The molecule has 0 bridgehead atoms. The van der Waals surface area contributed by atoms with Gasteiger partial charge in [-0.2, -0.15) is 0 Å². The summed E-state index contributed by atoms with van der Waals surface area (Å²) < 4.78 is 28.5. The van der Waals surface area contributed by atoms with Crippen LogP contribution >= 0.6 is 0 Å². The molecule has 1 amide bonds. The van der Waals surface area contributed by atoms with Crippen LogP contribution in [0.15, 0.2) is 71.6 Å². The third-order valence-corrected chi connectivity index (χ3v) is 7.15. The highest BCUT2D eigenvalue weighted by Gasteiger charge is 2.34. The number of imidazole rings is 1. The van der Waals surface area contributed by atoms with Gasteiger partial charge in [-0.15, -0.1) is 0 Å². The highest BCUT2D eigenvalue weighted by atomic mass is 32.2. The van der Waals surface area contributed by atoms with Crippen LogP contribution in [0.25, 0.3) is 22.4 Å². The quantitative estimate of drug-likeness (QED) is 0.371. The minimum atomic E-state index is -3.85. The molecule has 0 radical (unpaired) electrons. The van der Waals surface area contributed by atoms with Crippen molar-refractivity contribution in [2.75, 3.05) is 0 Å². The minimum Gasteiger partial charge on any atom is -0.391 e. The van der Waals surface area contributed by atoms with Crippen LogP contribution in [0.4, 0.5) is 0 Å². The second-order valence-electron chi connectivity index (χ2n) is 7.78. The van der Waals surface area contributed by atoms with Crippen LogP contribution in [-0.4, -0.2) is 35.5 Å². The Labute approximate surface area is 184 Å². The molecule has 1 heterocycles. The lowest BCUT2D eigenvalue weighted by Gasteiger charge is -2.18. The number of H-pyrrole nitrogens is 1. The number of primary amides is 1. The van der Waals surface area contributed by atoms with E-state index in [0.29, 0.717) is 34.4 Å². The molecule has 0 saturated carbocycles. The Morgan fingerprint density at radius 1 is 1.09 bits per heavy atom. The fraction of sp³-hybridized carbons (Fsp3) is 0.130. The Bertz CT molecular complexity index is 1440. The van der Waals surface area contributed by atoms with E-state index in [1.165, 1.54) is 12.1 Å². The van der Waals surface area contributed by atoms with Crippen molar-refractivity contribution >= 4 is 27.0 Å². The fourth-order valence-electron chi connectivity index (χ4n) is 4.04. The van der Waals surface area contributed by atoms with Crippen molar-refractivity contribution in [3.05, 3.63) is 83.4 Å². The Morgan fingerprint density at radius 3 is 2.59 bits per heavy atom. The second-order valence-corrected chi connectivity index (χ2v) is 9.49. The number of aromatic nitrogens is 2. The van der Waals surface area contributed by atoms with E-state index in [9.17, 15) is 18.3 Å². The summed E-state index contributed by atoms with van der Waals surface area (Å²) in [6.45, 7) is 0. The summed E-state index contributed by atoms with van der Waals surface area (Å²) in [5.41, 5.74) is 9.43. The Balaban J connectivity index is 1.41. The lowest BCUT2D eigenvalue weighted by molar-refractivity contribution is 0.100. The van der Waals surface area contributed by atoms with Gasteiger partial charge in [0.2, 0.25) is 15.9 Å². The van der Waals surface area contributed by atoms with E-state index in [-0.39, 0.29) is 4.90 Å². The highest BCUT2D eigenvalue weighted by molar-refractivity contribution is 7.89. The van der Waals surface area contributed by atoms with Crippen LogP contribution in [0.2, 0.25) is 0 Å². The zero-order valence-corrected chi connectivity index (χ0v) is 17.6. The number of sulfonamides is 1. The van der Waals surface area contributed by atoms with Crippen LogP contribution in [0, 0.1) is 0 Å². The molecule has 32 heavy (non-hydrogen) atoms. The first-order valence-electron chi connectivity index (χ1n) is 10.00. The number of nitrogens with one attached hydrogen (secondary N) is 2. The van der Waals surface area contributed by atoms with Crippen molar-refractivity contribution in [1.82, 2.24) is 14.7 Å². The topological polar surface area (TPSA) is 138 Å². The molecular formula is C23H20N4O4S. The maximum absolute atomic E-state index is 12.9. The average molecular weight is 449 g/mol. The van der Waals surface area contributed by atoms with Gasteiger partial charge in [-0.1, -0.05) is 24.3 Å². The number of amides is 1. The number of hydrogen-bond donors (Lipinski definition) is 4. The maximum atomic E-state index is 12.9. The number of aliphatic hydroxyl groups excluding tert-OH is 1. The molecule has 1 aromatic heterocycles. The number of carbonyl (C=O) groups excluding carboxylic acids is 1. The third kappa shape index (κ3) is 3.56. The van der Waals surface area contributed by atoms with Gasteiger partial charge in [-0.25, -0.2) is 18.1 Å². The molecule has 2 atom stereocenters. The largest absolute Gasteiger partial charge is 0.391 e. The molecule has 1 aliphatic rings. The molecule has 5 rings (SSSR count). The maximum Gasteiger partial charge on any atom is 0.248 e. The van der Waals surface area contributed by atoms with Crippen LogP contribution in [0.5, 0.6) is 0 Å². The number of rotatable bonds is 5. The van der Waals surface area contributed by atoms with Gasteiger partial charge in [0.25, 0.3) is 0 Å². The molecule has 3 aromatic carbocycles. The van der Waals surface area contributed by atoms with Crippen molar-refractivity contribution < 1.29 is 18.3 Å². The van der Waals surface area contributed by atoms with Gasteiger partial charge >= 0.3 is 0 Å². The first-order chi connectivity index (χ1) is 15.3. The molecule has 9 heteroatoms. The zero-order chi connectivity index (χ0) is 22.5. The lowest BCUT2D eigenvalue weighted by atomic mass is 10.1. The molecule has 4 aromatic rings. The number of carbonyl (C=O) groups is 1. The van der Waals surface area contributed by atoms with Gasteiger partial charge in [0, 0.05) is 17.5 Å². The average Bonchev–Trinajstić information content (AvgIpc) is 3.34. The van der Waals surface area contributed by atoms with Crippen LogP contribution in [0.1, 0.15) is 27.5 Å². The monoisotopic (exact) mass is 448 g/mol. The van der Waals surface area contributed by atoms with E-state index in [4.69, 9.17) is 5.73 Å². The first-order valence-corrected chi connectivity index (χ1v) is 11.5. The summed E-state index contributed by atoms with van der Waals surface area (Å²) in [6, 6.07) is 17.9. The number of benzene rings is 3. The van der Waals surface area contributed by atoms with Gasteiger partial charge in [0.15, 0.2) is 0 Å². The molecule has 8 nitrogen and oxygen atoms in total. The van der Waals surface area contributed by atoms with Gasteiger partial charge in [0.05, 0.1) is 28.1 Å². The second kappa shape index (κ2) is 7.56. The molecule has 5 N–H and O–H groups in total. The predicted octanol–water partition coefficient (Wildman–Crippen LogP) is 2.27. The summed E-state index contributed by atoms with van der Waals surface area (Å²) >= 11 is 0. The van der Waals surface area contributed by atoms with E-state index in [2.05, 4.69) is 14.7 Å². The van der Waals surface area contributed by atoms with E-state index in [1.807, 2.05) is 24.3 Å². The van der Waals surface area contributed by atoms with Crippen molar-refractivity contribution in [3.8, 4) is 11.4 Å². The summed E-state index contributed by atoms with van der Waals surface area (Å²) in [7, 11) is -3.85. The molecule has 0 aliphatic heterocycles. The van der Waals surface area contributed by atoms with Gasteiger partial charge in [-0.3, -0.25) is 4.79 Å². The lowest BCUT2D eigenvalue weighted by Crippen LogP contribution is -2.33. The van der Waals surface area contributed by atoms with Crippen molar-refractivity contribution in [3.63, 3.8) is 0 Å². The van der Waals surface area contributed by atoms with Crippen molar-refractivity contribution in [2.24, 2.45) is 5.73 Å². The molecule has 162 valence electrons. The summed E-state index contributed by atoms with van der Waals surface area (Å²) in [4.78, 5) is 19.1. The van der Waals surface area contributed by atoms with Crippen molar-refractivity contribution in [1.29, 1.82) is 0 Å². The third-order valence-electron chi connectivity index (χ3n) is 5.69. The Kier molecular flexibility index (Phi) is 4.81. The number of hydrogen-bond acceptors (Lipinski definition) is 5. The van der Waals surface area contributed by atoms with Gasteiger partial charge in [-0.05, 0) is 53.6 Å². The van der Waals surface area contributed by atoms with Crippen LogP contribution < -0.4 is 10.5 Å². The number of fused-ring (bicyclic) bond motifs is 2. The minimum absolute atomic E-state index is 0.0879. The molecule has 0 unspecified atom stereocenters. The van der Waals surface area contributed by atoms with E-state index in [1.54, 1.807) is 30.3 Å². The number of nitrogens with zero attached hydrogens (tertiary/aromatic N) is 1. The molecule has 0 spiro atoms. The summed E-state index contributed by atoms with van der Waals surface area (Å²) in [5, 5.41) is 10.4. The number of aliphatic hydroxyl groups is 1. The smallest absolute Gasteiger partial charge is 0.248 e. The highest BCUT2D eigenvalue weighted by Crippen LogP contribution is 2.32. The van der Waals surface area contributed by atoms with E-state index < -0.39 is 28.1 Å². The van der Waals surface area contributed by atoms with Crippen LogP contribution in [-0.2, 0) is 16.4 Å². The molecular weight excluding hydrogens is 428 g/mol. The number of aromatic amines is 1. The van der Waals surface area contributed by atoms with Crippen LogP contribution in [0.3, 0.4) is 0 Å². The molecule has 0 fully saturated rings.